The van der Waals surface area contributed by atoms with Crippen molar-refractivity contribution in [1.29, 1.82) is 0 Å². The second-order valence-electron chi connectivity index (χ2n) is 7.01. The highest BCUT2D eigenvalue weighted by atomic mass is 16.5. The van der Waals surface area contributed by atoms with Crippen molar-refractivity contribution in [2.24, 2.45) is 5.41 Å². The Morgan fingerprint density at radius 2 is 2.00 bits per heavy atom. The summed E-state index contributed by atoms with van der Waals surface area (Å²) in [6.07, 6.45) is 6.49. The predicted octanol–water partition coefficient (Wildman–Crippen LogP) is 3.20. The van der Waals surface area contributed by atoms with Crippen LogP contribution in [0.15, 0.2) is 0 Å². The van der Waals surface area contributed by atoms with Crippen LogP contribution in [0.1, 0.15) is 66.2 Å². The van der Waals surface area contributed by atoms with Crippen LogP contribution in [-0.2, 0) is 9.53 Å². The SMILES string of the molecule is CCNC(C)(CCCOC1CCC(C)(C)CC1)C(=O)O. The average molecular weight is 285 g/mol. The predicted molar refractivity (Wildman–Crippen MR) is 80.9 cm³/mol. The molecule has 0 saturated heterocycles. The molecule has 2 N–H and O–H groups in total. The van der Waals surface area contributed by atoms with Crippen LogP contribution in [-0.4, -0.2) is 35.9 Å². The molecule has 1 aliphatic rings. The Kier molecular flexibility index (Phi) is 6.46. The van der Waals surface area contributed by atoms with Gasteiger partial charge in [0.05, 0.1) is 6.10 Å². The monoisotopic (exact) mass is 285 g/mol. The molecule has 1 aliphatic carbocycles. The van der Waals surface area contributed by atoms with Crippen LogP contribution in [0.5, 0.6) is 0 Å². The Morgan fingerprint density at radius 3 is 2.50 bits per heavy atom. The zero-order valence-electron chi connectivity index (χ0n) is 13.5. The molecule has 4 nitrogen and oxygen atoms in total. The first-order valence-corrected chi connectivity index (χ1v) is 7.89. The summed E-state index contributed by atoms with van der Waals surface area (Å²) in [4.78, 5) is 11.3. The average Bonchev–Trinajstić information content (AvgIpc) is 2.36. The molecule has 4 heteroatoms. The van der Waals surface area contributed by atoms with E-state index in [-0.39, 0.29) is 0 Å². The minimum Gasteiger partial charge on any atom is -0.480 e. The minimum atomic E-state index is -0.827. The molecule has 0 aromatic carbocycles. The van der Waals surface area contributed by atoms with Gasteiger partial charge in [-0.2, -0.15) is 0 Å². The van der Waals surface area contributed by atoms with Crippen LogP contribution in [0.25, 0.3) is 0 Å². The van der Waals surface area contributed by atoms with Gasteiger partial charge in [0.15, 0.2) is 0 Å². The van der Waals surface area contributed by atoms with Crippen LogP contribution in [0, 0.1) is 5.41 Å². The molecule has 1 rings (SSSR count). The summed E-state index contributed by atoms with van der Waals surface area (Å²) >= 11 is 0. The van der Waals surface area contributed by atoms with Crippen molar-refractivity contribution >= 4 is 5.97 Å². The van der Waals surface area contributed by atoms with Gasteiger partial charge in [0, 0.05) is 6.61 Å². The van der Waals surface area contributed by atoms with Crippen LogP contribution in [0.4, 0.5) is 0 Å². The number of carboxylic acid groups (broad SMARTS) is 1. The van der Waals surface area contributed by atoms with Crippen molar-refractivity contribution in [3.63, 3.8) is 0 Å². The normalized spacial score (nSPS) is 22.4. The fraction of sp³-hybridized carbons (Fsp3) is 0.938. The number of carbonyl (C=O) groups is 1. The van der Waals surface area contributed by atoms with E-state index in [0.717, 1.165) is 19.3 Å². The summed E-state index contributed by atoms with van der Waals surface area (Å²) in [7, 11) is 0. The lowest BCUT2D eigenvalue weighted by molar-refractivity contribution is -0.144. The zero-order chi connectivity index (χ0) is 15.2. The number of aliphatic carboxylic acids is 1. The molecule has 0 heterocycles. The van der Waals surface area contributed by atoms with E-state index in [2.05, 4.69) is 19.2 Å². The van der Waals surface area contributed by atoms with Crippen molar-refractivity contribution in [1.82, 2.24) is 5.32 Å². The van der Waals surface area contributed by atoms with Crippen molar-refractivity contribution < 1.29 is 14.6 Å². The van der Waals surface area contributed by atoms with Gasteiger partial charge in [0.25, 0.3) is 0 Å². The largest absolute Gasteiger partial charge is 0.480 e. The number of hydrogen-bond donors (Lipinski definition) is 2. The number of likely N-dealkylation sites (N-methyl/N-ethyl adjacent to an activating group) is 1. The van der Waals surface area contributed by atoms with Gasteiger partial charge in [0.1, 0.15) is 5.54 Å². The summed E-state index contributed by atoms with van der Waals surface area (Å²) in [6.45, 7) is 9.65. The Bertz CT molecular complexity index is 307. The molecule has 0 aromatic heterocycles. The van der Waals surface area contributed by atoms with E-state index < -0.39 is 11.5 Å². The number of ether oxygens (including phenoxy) is 1. The molecule has 1 saturated carbocycles. The fourth-order valence-corrected chi connectivity index (χ4v) is 2.88. The highest BCUT2D eigenvalue weighted by molar-refractivity contribution is 5.78. The maximum atomic E-state index is 11.3. The molecule has 20 heavy (non-hydrogen) atoms. The molecule has 0 amide bonds. The first kappa shape index (κ1) is 17.4. The van der Waals surface area contributed by atoms with Gasteiger partial charge in [-0.05, 0) is 57.4 Å². The molecule has 118 valence electrons. The second kappa shape index (κ2) is 7.41. The third-order valence-corrected chi connectivity index (χ3v) is 4.50. The molecule has 0 aliphatic heterocycles. The lowest BCUT2D eigenvalue weighted by Crippen LogP contribution is -2.49. The van der Waals surface area contributed by atoms with E-state index in [1.807, 2.05) is 6.92 Å². The van der Waals surface area contributed by atoms with E-state index in [1.54, 1.807) is 6.92 Å². The van der Waals surface area contributed by atoms with Crippen LogP contribution in [0.3, 0.4) is 0 Å². The Morgan fingerprint density at radius 1 is 1.40 bits per heavy atom. The third kappa shape index (κ3) is 5.41. The van der Waals surface area contributed by atoms with Crippen LogP contribution >= 0.6 is 0 Å². The van der Waals surface area contributed by atoms with Gasteiger partial charge in [-0.1, -0.05) is 20.8 Å². The number of hydrogen-bond acceptors (Lipinski definition) is 3. The summed E-state index contributed by atoms with van der Waals surface area (Å²) < 4.78 is 5.91. The molecule has 1 unspecified atom stereocenters. The number of rotatable bonds is 8. The molecule has 0 bridgehead atoms. The first-order valence-electron chi connectivity index (χ1n) is 7.89. The first-order chi connectivity index (χ1) is 9.29. The number of nitrogens with one attached hydrogen (secondary N) is 1. The van der Waals surface area contributed by atoms with Gasteiger partial charge in [-0.15, -0.1) is 0 Å². The van der Waals surface area contributed by atoms with Gasteiger partial charge < -0.3 is 15.2 Å². The van der Waals surface area contributed by atoms with Crippen molar-refractivity contribution in [3.8, 4) is 0 Å². The molecular formula is C16H31NO3. The van der Waals surface area contributed by atoms with E-state index in [0.29, 0.717) is 31.1 Å². The van der Waals surface area contributed by atoms with Crippen molar-refractivity contribution in [2.45, 2.75) is 77.9 Å². The van der Waals surface area contributed by atoms with Crippen LogP contribution < -0.4 is 5.32 Å². The molecule has 0 aromatic rings. The highest BCUT2D eigenvalue weighted by Crippen LogP contribution is 2.36. The lowest BCUT2D eigenvalue weighted by Gasteiger charge is -2.34. The molecule has 0 radical (unpaired) electrons. The molecular weight excluding hydrogens is 254 g/mol. The maximum absolute atomic E-state index is 11.3. The quantitative estimate of drug-likeness (QED) is 0.672. The maximum Gasteiger partial charge on any atom is 0.323 e. The van der Waals surface area contributed by atoms with Gasteiger partial charge in [-0.3, -0.25) is 4.79 Å². The van der Waals surface area contributed by atoms with Crippen molar-refractivity contribution in [2.75, 3.05) is 13.2 Å². The van der Waals surface area contributed by atoms with E-state index in [9.17, 15) is 9.90 Å². The minimum absolute atomic E-state index is 0.373. The second-order valence-corrected chi connectivity index (χ2v) is 7.01. The van der Waals surface area contributed by atoms with Gasteiger partial charge >= 0.3 is 5.97 Å². The summed E-state index contributed by atoms with van der Waals surface area (Å²) in [6, 6.07) is 0. The summed E-state index contributed by atoms with van der Waals surface area (Å²) in [5, 5.41) is 12.3. The smallest absolute Gasteiger partial charge is 0.323 e. The topological polar surface area (TPSA) is 58.6 Å². The Labute approximate surface area is 123 Å². The lowest BCUT2D eigenvalue weighted by atomic mass is 9.76. The van der Waals surface area contributed by atoms with E-state index in [4.69, 9.17) is 4.74 Å². The van der Waals surface area contributed by atoms with Gasteiger partial charge in [-0.25, -0.2) is 0 Å². The Hall–Kier alpha value is -0.610. The van der Waals surface area contributed by atoms with Gasteiger partial charge in [0.2, 0.25) is 0 Å². The summed E-state index contributed by atoms with van der Waals surface area (Å²) in [5.41, 5.74) is -0.362. The third-order valence-electron chi connectivity index (χ3n) is 4.50. The molecule has 1 fully saturated rings. The highest BCUT2D eigenvalue weighted by Gasteiger charge is 2.31. The van der Waals surface area contributed by atoms with E-state index >= 15 is 0 Å². The molecule has 1 atom stereocenters. The summed E-state index contributed by atoms with van der Waals surface area (Å²) in [5.74, 6) is -0.779. The number of carboxylic acids is 1. The van der Waals surface area contributed by atoms with Crippen molar-refractivity contribution in [3.05, 3.63) is 0 Å². The molecule has 0 spiro atoms. The van der Waals surface area contributed by atoms with E-state index in [1.165, 1.54) is 12.8 Å². The standard InChI is InChI=1S/C16H31NO3/c1-5-17-16(4,14(18)19)9-6-12-20-13-7-10-15(2,3)11-8-13/h13,17H,5-12H2,1-4H3,(H,18,19). The van der Waals surface area contributed by atoms with Crippen LogP contribution in [0.2, 0.25) is 0 Å². The Balaban J connectivity index is 2.23. The fourth-order valence-electron chi connectivity index (χ4n) is 2.88. The zero-order valence-corrected chi connectivity index (χ0v) is 13.5.